The third-order valence-electron chi connectivity index (χ3n) is 5.99. The molecule has 4 aromatic rings. The molecule has 33 heavy (non-hydrogen) atoms. The molecule has 0 aliphatic heterocycles. The van der Waals surface area contributed by atoms with Gasteiger partial charge < -0.3 is 9.64 Å². The molecular weight excluding hydrogens is 402 g/mol. The molecule has 0 heterocycles. The summed E-state index contributed by atoms with van der Waals surface area (Å²) in [5, 5.41) is 0. The van der Waals surface area contributed by atoms with E-state index in [9.17, 15) is 0 Å². The van der Waals surface area contributed by atoms with Gasteiger partial charge in [0.05, 0.1) is 13.2 Å². The highest BCUT2D eigenvalue weighted by Gasteiger charge is 2.13. The van der Waals surface area contributed by atoms with Gasteiger partial charge in [0.1, 0.15) is 0 Å². The predicted molar refractivity (Wildman–Crippen MR) is 140 cm³/mol. The van der Waals surface area contributed by atoms with Gasteiger partial charge in [0.2, 0.25) is 0 Å². The maximum absolute atomic E-state index is 5.95. The van der Waals surface area contributed by atoms with Gasteiger partial charge in [-0.2, -0.15) is 0 Å². The monoisotopic (exact) mass is 433 g/mol. The maximum atomic E-state index is 5.95. The largest absolute Gasteiger partial charge is 0.372 e. The summed E-state index contributed by atoms with van der Waals surface area (Å²) >= 11 is 0. The van der Waals surface area contributed by atoms with E-state index in [1.54, 1.807) is 0 Å². The van der Waals surface area contributed by atoms with E-state index in [-0.39, 0.29) is 0 Å². The van der Waals surface area contributed by atoms with Gasteiger partial charge in [-0.1, -0.05) is 72.8 Å². The third-order valence-corrected chi connectivity index (χ3v) is 5.99. The standard InChI is InChI=1S/C31H31NO/c1-5-26-9-11-27(12-10-26)21-33-22-28-13-18-30(19-14-28)32(29-15-6-23(2)7-16-29)31-17-8-24(3)25(4)20-31/h5-20H,1,21-22H2,2-4H3. The van der Waals surface area contributed by atoms with Crippen LogP contribution in [0.5, 0.6) is 0 Å². The Morgan fingerprint density at radius 1 is 0.636 bits per heavy atom. The molecule has 0 radical (unpaired) electrons. The molecule has 2 heteroatoms. The molecule has 0 amide bonds. The molecule has 0 saturated heterocycles. The third kappa shape index (κ3) is 5.60. The van der Waals surface area contributed by atoms with Gasteiger partial charge in [-0.3, -0.25) is 0 Å². The minimum absolute atomic E-state index is 0.581. The lowest BCUT2D eigenvalue weighted by Gasteiger charge is -2.26. The van der Waals surface area contributed by atoms with Gasteiger partial charge >= 0.3 is 0 Å². The molecule has 0 aliphatic carbocycles. The zero-order valence-corrected chi connectivity index (χ0v) is 19.7. The number of hydrogen-bond acceptors (Lipinski definition) is 2. The Hall–Kier alpha value is -3.62. The van der Waals surface area contributed by atoms with Crippen LogP contribution in [0.1, 0.15) is 33.4 Å². The lowest BCUT2D eigenvalue weighted by Crippen LogP contribution is -2.10. The molecule has 4 aromatic carbocycles. The minimum atomic E-state index is 0.581. The van der Waals surface area contributed by atoms with Crippen LogP contribution in [-0.2, 0) is 18.0 Å². The smallest absolute Gasteiger partial charge is 0.0721 e. The van der Waals surface area contributed by atoms with E-state index in [4.69, 9.17) is 4.74 Å². The average molecular weight is 434 g/mol. The van der Waals surface area contributed by atoms with Crippen molar-refractivity contribution >= 4 is 23.1 Å². The van der Waals surface area contributed by atoms with Crippen LogP contribution in [0.25, 0.3) is 6.08 Å². The molecule has 0 bridgehead atoms. The summed E-state index contributed by atoms with van der Waals surface area (Å²) < 4.78 is 5.95. The van der Waals surface area contributed by atoms with Gasteiger partial charge in [0.25, 0.3) is 0 Å². The molecule has 0 spiro atoms. The van der Waals surface area contributed by atoms with Crippen LogP contribution < -0.4 is 4.90 Å². The highest BCUT2D eigenvalue weighted by molar-refractivity contribution is 5.77. The Morgan fingerprint density at radius 3 is 1.70 bits per heavy atom. The second-order valence-electron chi connectivity index (χ2n) is 8.54. The van der Waals surface area contributed by atoms with Crippen LogP contribution in [0.15, 0.2) is 97.6 Å². The van der Waals surface area contributed by atoms with Crippen molar-refractivity contribution in [2.75, 3.05) is 4.90 Å². The Morgan fingerprint density at radius 2 is 1.15 bits per heavy atom. The van der Waals surface area contributed by atoms with Crippen LogP contribution in [0.4, 0.5) is 17.1 Å². The molecule has 0 saturated carbocycles. The second-order valence-corrected chi connectivity index (χ2v) is 8.54. The van der Waals surface area contributed by atoms with Crippen molar-refractivity contribution in [3.8, 4) is 0 Å². The van der Waals surface area contributed by atoms with Crippen LogP contribution in [0.2, 0.25) is 0 Å². The van der Waals surface area contributed by atoms with Crippen LogP contribution >= 0.6 is 0 Å². The predicted octanol–water partition coefficient (Wildman–Crippen LogP) is 8.44. The molecular formula is C31H31NO. The Labute approximate surface area is 197 Å². The van der Waals surface area contributed by atoms with E-state index in [0.717, 1.165) is 33.8 Å². The SMILES string of the molecule is C=Cc1ccc(COCc2ccc(N(c3ccc(C)cc3)c3ccc(C)c(C)c3)cc2)cc1. The molecule has 4 rings (SSSR count). The maximum Gasteiger partial charge on any atom is 0.0721 e. The summed E-state index contributed by atoms with van der Waals surface area (Å²) in [4.78, 5) is 2.30. The lowest BCUT2D eigenvalue weighted by atomic mass is 10.1. The second kappa shape index (κ2) is 10.3. The average Bonchev–Trinajstić information content (AvgIpc) is 2.84. The van der Waals surface area contributed by atoms with E-state index < -0.39 is 0 Å². The molecule has 0 unspecified atom stereocenters. The number of rotatable bonds is 8. The number of benzene rings is 4. The van der Waals surface area contributed by atoms with Gasteiger partial charge in [-0.25, -0.2) is 0 Å². The van der Waals surface area contributed by atoms with E-state index in [0.29, 0.717) is 13.2 Å². The van der Waals surface area contributed by atoms with E-state index in [1.165, 1.54) is 16.7 Å². The highest BCUT2D eigenvalue weighted by Crippen LogP contribution is 2.35. The van der Waals surface area contributed by atoms with Gasteiger partial charge in [0, 0.05) is 17.1 Å². The molecule has 0 aromatic heterocycles. The van der Waals surface area contributed by atoms with Crippen LogP contribution in [0.3, 0.4) is 0 Å². The van der Waals surface area contributed by atoms with Crippen LogP contribution in [-0.4, -0.2) is 0 Å². The fraction of sp³-hybridized carbons (Fsp3) is 0.161. The van der Waals surface area contributed by atoms with Crippen LogP contribution in [0, 0.1) is 20.8 Å². The van der Waals surface area contributed by atoms with E-state index in [1.807, 2.05) is 6.08 Å². The number of hydrogen-bond donors (Lipinski definition) is 0. The highest BCUT2D eigenvalue weighted by atomic mass is 16.5. The lowest BCUT2D eigenvalue weighted by molar-refractivity contribution is 0.107. The summed E-state index contributed by atoms with van der Waals surface area (Å²) in [6.45, 7) is 11.4. The Balaban J connectivity index is 1.51. The van der Waals surface area contributed by atoms with Gasteiger partial charge in [-0.05, 0) is 85.0 Å². The van der Waals surface area contributed by atoms with Crippen molar-refractivity contribution in [1.29, 1.82) is 0 Å². The quantitative estimate of drug-likeness (QED) is 0.276. The molecule has 2 nitrogen and oxygen atoms in total. The Kier molecular flexibility index (Phi) is 7.07. The van der Waals surface area contributed by atoms with Crippen molar-refractivity contribution in [3.05, 3.63) is 131 Å². The summed E-state index contributed by atoms with van der Waals surface area (Å²) in [6.07, 6.45) is 1.85. The number of anilines is 3. The summed E-state index contributed by atoms with van der Waals surface area (Å²) in [5.74, 6) is 0. The molecule has 0 N–H and O–H groups in total. The van der Waals surface area contributed by atoms with Crippen molar-refractivity contribution in [3.63, 3.8) is 0 Å². The number of aryl methyl sites for hydroxylation is 3. The van der Waals surface area contributed by atoms with E-state index >= 15 is 0 Å². The Bertz CT molecular complexity index is 1210. The first-order valence-electron chi connectivity index (χ1n) is 11.4. The summed E-state index contributed by atoms with van der Waals surface area (Å²) in [5.41, 5.74) is 10.7. The van der Waals surface area contributed by atoms with Crippen molar-refractivity contribution in [2.24, 2.45) is 0 Å². The zero-order valence-electron chi connectivity index (χ0n) is 19.7. The van der Waals surface area contributed by atoms with Gasteiger partial charge in [0.15, 0.2) is 0 Å². The fourth-order valence-corrected chi connectivity index (χ4v) is 3.78. The first-order chi connectivity index (χ1) is 16.0. The summed E-state index contributed by atoms with van der Waals surface area (Å²) in [7, 11) is 0. The minimum Gasteiger partial charge on any atom is -0.372 e. The van der Waals surface area contributed by atoms with Gasteiger partial charge in [-0.15, -0.1) is 0 Å². The molecule has 166 valence electrons. The number of ether oxygens (including phenoxy) is 1. The first kappa shape index (κ1) is 22.6. The van der Waals surface area contributed by atoms with Crippen molar-refractivity contribution in [1.82, 2.24) is 0 Å². The normalized spacial score (nSPS) is 10.8. The summed E-state index contributed by atoms with van der Waals surface area (Å²) in [6, 6.07) is 32.3. The first-order valence-corrected chi connectivity index (χ1v) is 11.4. The van der Waals surface area contributed by atoms with Crippen molar-refractivity contribution < 1.29 is 4.74 Å². The molecule has 0 fully saturated rings. The molecule has 0 atom stereocenters. The van der Waals surface area contributed by atoms with Crippen molar-refractivity contribution in [2.45, 2.75) is 34.0 Å². The molecule has 0 aliphatic rings. The van der Waals surface area contributed by atoms with E-state index in [2.05, 4.69) is 123 Å². The number of nitrogens with zero attached hydrogens (tertiary/aromatic N) is 1. The topological polar surface area (TPSA) is 12.5 Å². The zero-order chi connectivity index (χ0) is 23.2. The fourth-order valence-electron chi connectivity index (χ4n) is 3.78.